The molecule has 1 N–H and O–H groups in total. The largest absolute Gasteiger partial charge is 0.512 e. The van der Waals surface area contributed by atoms with E-state index in [4.69, 9.17) is 0 Å². The molecule has 90 valence electrons. The summed E-state index contributed by atoms with van der Waals surface area (Å²) in [7, 11) is 0. The summed E-state index contributed by atoms with van der Waals surface area (Å²) in [4.78, 5) is 21.8. The van der Waals surface area contributed by atoms with Crippen LogP contribution in [0, 0.1) is 17.0 Å². The lowest BCUT2D eigenvalue weighted by molar-refractivity contribution is -0.385. The Labute approximate surface area is 98.5 Å². The molecule has 5 heteroatoms. The number of carbonyl (C=O) groups is 1. The Morgan fingerprint density at radius 1 is 1.35 bits per heavy atom. The molecule has 1 rings (SSSR count). The van der Waals surface area contributed by atoms with Gasteiger partial charge in [0.1, 0.15) is 5.76 Å². The van der Waals surface area contributed by atoms with E-state index in [-0.39, 0.29) is 22.6 Å². The smallest absolute Gasteiger partial charge is 0.277 e. The number of nitrogens with zero attached hydrogens (tertiary/aromatic N) is 1. The second kappa shape index (κ2) is 4.78. The number of Topliss-reactive ketones (excluding diaryl/α,β-unsaturated/α-hetero) is 1. The average Bonchev–Trinajstić information content (AvgIpc) is 2.19. The number of hydrogen-bond acceptors (Lipinski definition) is 4. The lowest BCUT2D eigenvalue weighted by atomic mass is 9.98. The zero-order valence-electron chi connectivity index (χ0n) is 9.85. The molecule has 0 aliphatic rings. The highest BCUT2D eigenvalue weighted by molar-refractivity contribution is 6.21. The first-order chi connectivity index (χ1) is 7.84. The highest BCUT2D eigenvalue weighted by Gasteiger charge is 2.21. The number of nitro groups is 1. The molecule has 0 aliphatic carbocycles. The van der Waals surface area contributed by atoms with E-state index >= 15 is 0 Å². The summed E-state index contributed by atoms with van der Waals surface area (Å²) in [5, 5.41) is 20.4. The van der Waals surface area contributed by atoms with Gasteiger partial charge in [-0.2, -0.15) is 0 Å². The van der Waals surface area contributed by atoms with Gasteiger partial charge >= 0.3 is 0 Å². The van der Waals surface area contributed by atoms with E-state index in [1.165, 1.54) is 26.0 Å². The van der Waals surface area contributed by atoms with Crippen LogP contribution in [0.5, 0.6) is 0 Å². The Bertz CT molecular complexity index is 513. The molecule has 1 aromatic carbocycles. The summed E-state index contributed by atoms with van der Waals surface area (Å²) in [6.45, 7) is 4.32. The van der Waals surface area contributed by atoms with Crippen molar-refractivity contribution < 1.29 is 14.8 Å². The number of aryl methyl sites for hydroxylation is 1. The summed E-state index contributed by atoms with van der Waals surface area (Å²) in [5.41, 5.74) is 0.673. The second-order valence-corrected chi connectivity index (χ2v) is 3.79. The molecule has 0 aromatic heterocycles. The molecule has 1 aromatic rings. The number of benzene rings is 1. The van der Waals surface area contributed by atoms with E-state index in [1.54, 1.807) is 13.0 Å². The van der Waals surface area contributed by atoms with Gasteiger partial charge in [0, 0.05) is 6.07 Å². The minimum atomic E-state index is -0.561. The third kappa shape index (κ3) is 2.69. The van der Waals surface area contributed by atoms with Gasteiger partial charge in [-0.25, -0.2) is 0 Å². The summed E-state index contributed by atoms with van der Waals surface area (Å²) in [5.74, 6) is -0.624. The molecule has 0 bridgehead atoms. The van der Waals surface area contributed by atoms with E-state index in [2.05, 4.69) is 0 Å². The molecule has 0 saturated carbocycles. The van der Waals surface area contributed by atoms with Gasteiger partial charge < -0.3 is 5.11 Å². The number of aliphatic hydroxyl groups excluding tert-OH is 1. The van der Waals surface area contributed by atoms with Gasteiger partial charge in [-0.1, -0.05) is 6.07 Å². The maximum absolute atomic E-state index is 11.4. The molecule has 0 heterocycles. The van der Waals surface area contributed by atoms with E-state index in [1.807, 2.05) is 0 Å². The third-order valence-electron chi connectivity index (χ3n) is 2.33. The van der Waals surface area contributed by atoms with Crippen LogP contribution in [-0.2, 0) is 4.79 Å². The van der Waals surface area contributed by atoms with Gasteiger partial charge in [0.15, 0.2) is 5.78 Å². The molecule has 0 atom stereocenters. The van der Waals surface area contributed by atoms with Gasteiger partial charge in [-0.05, 0) is 32.4 Å². The number of carbonyl (C=O) groups excluding carboxylic acids is 1. The second-order valence-electron chi connectivity index (χ2n) is 3.79. The topological polar surface area (TPSA) is 80.4 Å². The molecule has 0 saturated heterocycles. The SMILES string of the molecule is CC(=O)/C(=C(\C)O)c1ccc(C)cc1[N+](=O)[O-]. The molecule has 0 unspecified atom stereocenters. The lowest BCUT2D eigenvalue weighted by Gasteiger charge is -2.07. The Balaban J connectivity index is 3.56. The van der Waals surface area contributed by atoms with Gasteiger partial charge in [-0.15, -0.1) is 0 Å². The number of rotatable bonds is 3. The van der Waals surface area contributed by atoms with Crippen LogP contribution >= 0.6 is 0 Å². The van der Waals surface area contributed by atoms with Crippen molar-refractivity contribution in [3.05, 3.63) is 45.2 Å². The highest BCUT2D eigenvalue weighted by Crippen LogP contribution is 2.29. The minimum Gasteiger partial charge on any atom is -0.512 e. The third-order valence-corrected chi connectivity index (χ3v) is 2.33. The molecule has 0 aliphatic heterocycles. The normalized spacial score (nSPS) is 11.9. The molecular formula is C12H13NO4. The van der Waals surface area contributed by atoms with Crippen molar-refractivity contribution in [2.24, 2.45) is 0 Å². The maximum atomic E-state index is 11.4. The predicted molar refractivity (Wildman–Crippen MR) is 63.7 cm³/mol. The number of aliphatic hydroxyl groups is 1. The lowest BCUT2D eigenvalue weighted by Crippen LogP contribution is -2.03. The molecule has 0 amide bonds. The van der Waals surface area contributed by atoms with Crippen molar-refractivity contribution in [3.8, 4) is 0 Å². The molecular weight excluding hydrogens is 222 g/mol. The maximum Gasteiger partial charge on any atom is 0.277 e. The van der Waals surface area contributed by atoms with Crippen LogP contribution < -0.4 is 0 Å². The highest BCUT2D eigenvalue weighted by atomic mass is 16.6. The minimum absolute atomic E-state index is 0.0169. The van der Waals surface area contributed by atoms with Crippen LogP contribution in [0.2, 0.25) is 0 Å². The standard InChI is InChI=1S/C12H13NO4/c1-7-4-5-10(11(6-7)13(16)17)12(8(2)14)9(3)15/h4-6,14H,1-3H3/b12-8-. The van der Waals surface area contributed by atoms with Crippen LogP contribution in [0.3, 0.4) is 0 Å². The fourth-order valence-corrected chi connectivity index (χ4v) is 1.64. The van der Waals surface area contributed by atoms with Crippen molar-refractivity contribution in [2.75, 3.05) is 0 Å². The average molecular weight is 235 g/mol. The fourth-order valence-electron chi connectivity index (χ4n) is 1.64. The van der Waals surface area contributed by atoms with Gasteiger partial charge in [0.25, 0.3) is 5.69 Å². The molecule has 0 radical (unpaired) electrons. The van der Waals surface area contributed by atoms with Crippen LogP contribution in [0.15, 0.2) is 24.0 Å². The van der Waals surface area contributed by atoms with Crippen LogP contribution in [0.25, 0.3) is 5.57 Å². The zero-order valence-corrected chi connectivity index (χ0v) is 9.85. The van der Waals surface area contributed by atoms with E-state index in [0.29, 0.717) is 0 Å². The quantitative estimate of drug-likeness (QED) is 0.378. The first-order valence-electron chi connectivity index (χ1n) is 5.00. The van der Waals surface area contributed by atoms with Gasteiger partial charge in [0.05, 0.1) is 16.1 Å². The van der Waals surface area contributed by atoms with Crippen molar-refractivity contribution in [1.29, 1.82) is 0 Å². The summed E-state index contributed by atoms with van der Waals surface area (Å²) < 4.78 is 0. The Kier molecular flexibility index (Phi) is 3.62. The summed E-state index contributed by atoms with van der Waals surface area (Å²) >= 11 is 0. The van der Waals surface area contributed by atoms with Crippen LogP contribution in [0.1, 0.15) is 25.0 Å². The van der Waals surface area contributed by atoms with Crippen LogP contribution in [-0.4, -0.2) is 15.8 Å². The van der Waals surface area contributed by atoms with Crippen molar-refractivity contribution >= 4 is 17.0 Å². The van der Waals surface area contributed by atoms with Gasteiger partial charge in [0.2, 0.25) is 0 Å². The Morgan fingerprint density at radius 2 is 1.94 bits per heavy atom. The Morgan fingerprint density at radius 3 is 2.35 bits per heavy atom. The molecule has 5 nitrogen and oxygen atoms in total. The summed E-state index contributed by atoms with van der Waals surface area (Å²) in [6, 6.07) is 4.51. The first kappa shape index (κ1) is 12.9. The molecule has 17 heavy (non-hydrogen) atoms. The monoisotopic (exact) mass is 235 g/mol. The van der Waals surface area contributed by atoms with E-state index < -0.39 is 10.7 Å². The van der Waals surface area contributed by atoms with Crippen LogP contribution in [0.4, 0.5) is 5.69 Å². The first-order valence-corrected chi connectivity index (χ1v) is 5.00. The van der Waals surface area contributed by atoms with Gasteiger partial charge in [-0.3, -0.25) is 14.9 Å². The Hall–Kier alpha value is -2.17. The number of hydrogen-bond donors (Lipinski definition) is 1. The molecule has 0 fully saturated rings. The number of ketones is 1. The van der Waals surface area contributed by atoms with Crippen molar-refractivity contribution in [2.45, 2.75) is 20.8 Å². The van der Waals surface area contributed by atoms with E-state index in [9.17, 15) is 20.0 Å². The number of allylic oxidation sites excluding steroid dienone is 2. The number of nitro benzene ring substituents is 1. The van der Waals surface area contributed by atoms with E-state index in [0.717, 1.165) is 5.56 Å². The molecule has 0 spiro atoms. The van der Waals surface area contributed by atoms with Crippen molar-refractivity contribution in [3.63, 3.8) is 0 Å². The summed E-state index contributed by atoms with van der Waals surface area (Å²) in [6.07, 6.45) is 0. The predicted octanol–water partition coefficient (Wildman–Crippen LogP) is 2.78. The fraction of sp³-hybridized carbons (Fsp3) is 0.250. The zero-order chi connectivity index (χ0) is 13.2. The van der Waals surface area contributed by atoms with Crippen molar-refractivity contribution in [1.82, 2.24) is 0 Å².